The summed E-state index contributed by atoms with van der Waals surface area (Å²) >= 11 is -2.04. The molecule has 3 heteroatoms. The van der Waals surface area contributed by atoms with Crippen LogP contribution in [0.25, 0.3) is 5.57 Å². The van der Waals surface area contributed by atoms with E-state index in [4.69, 9.17) is 4.74 Å². The number of ether oxygens (including phenoxy) is 1. The Hall–Kier alpha value is -3.03. The predicted octanol–water partition coefficient (Wildman–Crippen LogP) is 7.74. The number of benzene rings is 3. The van der Waals surface area contributed by atoms with Crippen molar-refractivity contribution < 1.29 is 9.53 Å². The van der Waals surface area contributed by atoms with Crippen molar-refractivity contribution in [3.63, 3.8) is 0 Å². The third-order valence-corrected chi connectivity index (χ3v) is 17.3. The van der Waals surface area contributed by atoms with Crippen LogP contribution in [0.15, 0.2) is 83.8 Å². The van der Waals surface area contributed by atoms with E-state index in [1.165, 1.54) is 32.5 Å². The van der Waals surface area contributed by atoms with Crippen LogP contribution in [0.4, 0.5) is 0 Å². The molecule has 0 unspecified atom stereocenters. The molecule has 3 aromatic rings. The summed E-state index contributed by atoms with van der Waals surface area (Å²) in [5.41, 5.74) is 6.28. The second-order valence-corrected chi connectivity index (χ2v) is 19.2. The molecule has 0 heterocycles. The van der Waals surface area contributed by atoms with Gasteiger partial charge in [0.1, 0.15) is 0 Å². The zero-order valence-corrected chi connectivity index (χ0v) is 22.8. The van der Waals surface area contributed by atoms with Crippen molar-refractivity contribution in [3.8, 4) is 11.8 Å². The predicted molar refractivity (Wildman–Crippen MR) is 146 cm³/mol. The maximum atomic E-state index is 11.8. The number of carbonyl (C=O) groups excluding carboxylic acids is 1. The number of carbonyl (C=O) groups is 1. The quantitative estimate of drug-likeness (QED) is 0.176. The Morgan fingerprint density at radius 2 is 1.18 bits per heavy atom. The summed E-state index contributed by atoms with van der Waals surface area (Å²) in [7, 11) is 0. The SMILES string of the molecule is CCOC(=O)c1ccc(C#Cc2ccc(/C(=[CH]\[Ge]([CH2]C)([CH2]C)[CH2]C)c3ccccc3)cc2)cc1. The number of rotatable bonds is 8. The summed E-state index contributed by atoms with van der Waals surface area (Å²) in [6, 6.07) is 26.6. The minimum absolute atomic E-state index is 0.303. The van der Waals surface area contributed by atoms with E-state index >= 15 is 0 Å². The molecule has 0 saturated carbocycles. The van der Waals surface area contributed by atoms with E-state index in [0.29, 0.717) is 12.2 Å². The first-order valence-electron chi connectivity index (χ1n) is 12.2. The third kappa shape index (κ3) is 6.52. The summed E-state index contributed by atoms with van der Waals surface area (Å²) in [4.78, 5) is 14.5. The van der Waals surface area contributed by atoms with Crippen LogP contribution >= 0.6 is 0 Å². The molecule has 174 valence electrons. The second kappa shape index (κ2) is 12.4. The molecule has 3 rings (SSSR count). The minimum atomic E-state index is -2.04. The molecule has 0 saturated heterocycles. The second-order valence-electron chi connectivity index (χ2n) is 8.47. The van der Waals surface area contributed by atoms with Gasteiger partial charge in [0.2, 0.25) is 0 Å². The van der Waals surface area contributed by atoms with Gasteiger partial charge in [-0.25, -0.2) is 4.79 Å². The first-order valence-corrected chi connectivity index (χ1v) is 17.9. The van der Waals surface area contributed by atoms with Gasteiger partial charge in [-0.1, -0.05) is 0 Å². The van der Waals surface area contributed by atoms with Gasteiger partial charge in [0.05, 0.1) is 6.61 Å². The number of esters is 1. The van der Waals surface area contributed by atoms with Gasteiger partial charge >= 0.3 is 185 Å². The molecule has 0 aliphatic carbocycles. The van der Waals surface area contributed by atoms with Gasteiger partial charge in [-0.2, -0.15) is 0 Å². The van der Waals surface area contributed by atoms with Crippen LogP contribution in [0.3, 0.4) is 0 Å². The van der Waals surface area contributed by atoms with Crippen molar-refractivity contribution >= 4 is 24.8 Å². The fraction of sp³-hybridized carbons (Fsp3) is 0.258. The van der Waals surface area contributed by atoms with E-state index in [-0.39, 0.29) is 5.97 Å². The average molecular weight is 511 g/mol. The zero-order valence-electron chi connectivity index (χ0n) is 20.7. The van der Waals surface area contributed by atoms with Crippen LogP contribution in [-0.4, -0.2) is 25.8 Å². The summed E-state index contributed by atoms with van der Waals surface area (Å²) in [5, 5.41) is 3.92. The number of hydrogen-bond acceptors (Lipinski definition) is 2. The molecular weight excluding hydrogens is 477 g/mol. The van der Waals surface area contributed by atoms with E-state index in [1.54, 1.807) is 19.1 Å². The molecule has 0 fully saturated rings. The molecule has 0 N–H and O–H groups in total. The molecule has 0 spiro atoms. The monoisotopic (exact) mass is 512 g/mol. The molecule has 0 aliphatic heterocycles. The van der Waals surface area contributed by atoms with Crippen molar-refractivity contribution in [2.75, 3.05) is 6.61 Å². The Kier molecular flexibility index (Phi) is 9.36. The zero-order chi connectivity index (χ0) is 24.4. The Morgan fingerprint density at radius 1 is 0.706 bits per heavy atom. The van der Waals surface area contributed by atoms with Gasteiger partial charge in [0.15, 0.2) is 0 Å². The van der Waals surface area contributed by atoms with E-state index in [0.717, 1.165) is 11.1 Å². The van der Waals surface area contributed by atoms with Crippen LogP contribution in [0.2, 0.25) is 15.8 Å². The fourth-order valence-corrected chi connectivity index (χ4v) is 10.5. The molecule has 0 atom stereocenters. The van der Waals surface area contributed by atoms with Gasteiger partial charge < -0.3 is 4.74 Å². The maximum absolute atomic E-state index is 11.8. The molecule has 3 aromatic carbocycles. The molecule has 34 heavy (non-hydrogen) atoms. The molecule has 2 nitrogen and oxygen atoms in total. The molecule has 0 amide bonds. The summed E-state index contributed by atoms with van der Waals surface area (Å²) in [6.45, 7) is 9.27. The molecular formula is C31H34GeO2. The fourth-order valence-electron chi connectivity index (χ4n) is 4.09. The Bertz CT molecular complexity index is 1150. The summed E-state index contributed by atoms with van der Waals surface area (Å²) < 4.78 is 5.03. The average Bonchev–Trinajstić information content (AvgIpc) is 2.90. The standard InChI is InChI=1S/C31H34GeO2/c1-5-32(6-2,7-3)24-30(27-12-10-9-11-13-27)28-20-16-25(17-21-28)14-15-26-18-22-29(23-19-26)31(33)34-8-4/h9-13,16-24H,5-8H2,1-4H3/b30-24-. The summed E-state index contributed by atoms with van der Waals surface area (Å²) in [5.74, 6) is 6.14. The molecule has 0 aromatic heterocycles. The van der Waals surface area contributed by atoms with E-state index in [9.17, 15) is 4.79 Å². The van der Waals surface area contributed by atoms with Gasteiger partial charge in [-0.15, -0.1) is 0 Å². The van der Waals surface area contributed by atoms with Crippen LogP contribution in [0, 0.1) is 11.8 Å². The Labute approximate surface area is 207 Å². The van der Waals surface area contributed by atoms with Gasteiger partial charge in [-0.05, 0) is 6.92 Å². The van der Waals surface area contributed by atoms with Crippen molar-refractivity contribution in [1.29, 1.82) is 0 Å². The van der Waals surface area contributed by atoms with Crippen molar-refractivity contribution in [2.24, 2.45) is 0 Å². The molecule has 0 radical (unpaired) electrons. The topological polar surface area (TPSA) is 26.3 Å². The van der Waals surface area contributed by atoms with E-state index in [2.05, 4.69) is 92.1 Å². The third-order valence-electron chi connectivity index (χ3n) is 6.59. The van der Waals surface area contributed by atoms with Gasteiger partial charge in [0, 0.05) is 0 Å². The first kappa shape index (κ1) is 25.6. The van der Waals surface area contributed by atoms with Gasteiger partial charge in [-0.3, -0.25) is 0 Å². The van der Waals surface area contributed by atoms with Crippen LogP contribution in [-0.2, 0) is 4.74 Å². The first-order chi connectivity index (χ1) is 16.5. The van der Waals surface area contributed by atoms with Crippen LogP contribution in [0.5, 0.6) is 0 Å². The Balaban J connectivity index is 1.87. The van der Waals surface area contributed by atoms with Crippen molar-refractivity contribution in [2.45, 2.75) is 43.5 Å². The van der Waals surface area contributed by atoms with Crippen molar-refractivity contribution in [3.05, 3.63) is 112 Å². The normalized spacial score (nSPS) is 11.5. The molecule has 0 aliphatic rings. The summed E-state index contributed by atoms with van der Waals surface area (Å²) in [6.07, 6.45) is 0. The van der Waals surface area contributed by atoms with Gasteiger partial charge in [0.25, 0.3) is 0 Å². The van der Waals surface area contributed by atoms with Crippen molar-refractivity contribution in [1.82, 2.24) is 0 Å². The molecule has 0 bridgehead atoms. The number of hydrogen-bond donors (Lipinski definition) is 0. The van der Waals surface area contributed by atoms with E-state index in [1.807, 2.05) is 12.1 Å². The van der Waals surface area contributed by atoms with Crippen LogP contribution in [0.1, 0.15) is 60.3 Å². The Morgan fingerprint density at radius 3 is 1.65 bits per heavy atom. The van der Waals surface area contributed by atoms with Crippen LogP contribution < -0.4 is 0 Å². The van der Waals surface area contributed by atoms with E-state index < -0.39 is 13.3 Å².